The van der Waals surface area contributed by atoms with Crippen LogP contribution in [-0.4, -0.2) is 18.2 Å². The minimum Gasteiger partial charge on any atom is -0.353 e. The van der Waals surface area contributed by atoms with Crippen molar-refractivity contribution in [3.8, 4) is 0 Å². The summed E-state index contributed by atoms with van der Waals surface area (Å²) in [4.78, 5) is 24.5. The molecule has 0 bridgehead atoms. The zero-order valence-electron chi connectivity index (χ0n) is 16.0. The molecular formula is C23H22Cl3NO2. The monoisotopic (exact) mass is 449 g/mol. The van der Waals surface area contributed by atoms with E-state index in [2.05, 4.69) is 5.32 Å². The zero-order valence-corrected chi connectivity index (χ0v) is 18.3. The number of hydrogen-bond donors (Lipinski definition) is 1. The fourth-order valence-electron chi connectivity index (χ4n) is 5.60. The first-order chi connectivity index (χ1) is 13.9. The Hall–Kier alpha value is -1.55. The first-order valence-corrected chi connectivity index (χ1v) is 11.0. The molecule has 1 heterocycles. The summed E-state index contributed by atoms with van der Waals surface area (Å²) >= 11 is 18.9. The lowest BCUT2D eigenvalue weighted by atomic mass is 9.54. The van der Waals surface area contributed by atoms with Crippen LogP contribution in [0.15, 0.2) is 42.5 Å². The van der Waals surface area contributed by atoms with E-state index >= 15 is 0 Å². The molecule has 2 aromatic carbocycles. The van der Waals surface area contributed by atoms with Crippen LogP contribution in [0.1, 0.15) is 49.1 Å². The summed E-state index contributed by atoms with van der Waals surface area (Å²) in [5.74, 6) is 0.100. The molecule has 1 amide bonds. The van der Waals surface area contributed by atoms with Crippen molar-refractivity contribution in [2.75, 3.05) is 0 Å². The first kappa shape index (κ1) is 20.7. The van der Waals surface area contributed by atoms with E-state index in [1.807, 2.05) is 43.3 Å². The summed E-state index contributed by atoms with van der Waals surface area (Å²) in [5, 5.41) is 5.01. The van der Waals surface area contributed by atoms with Crippen LogP contribution < -0.4 is 5.32 Å². The Kier molecular flexibility index (Phi) is 5.67. The molecule has 2 aromatic rings. The zero-order chi connectivity index (χ0) is 20.8. The van der Waals surface area contributed by atoms with Crippen LogP contribution in [0, 0.1) is 11.3 Å². The molecule has 2 aliphatic rings. The van der Waals surface area contributed by atoms with E-state index in [9.17, 15) is 9.59 Å². The molecule has 0 aromatic heterocycles. The number of halogens is 3. The van der Waals surface area contributed by atoms with E-state index in [1.165, 1.54) is 0 Å². The fraction of sp³-hybridized carbons (Fsp3) is 0.391. The second kappa shape index (κ2) is 7.94. The Morgan fingerprint density at radius 1 is 1.10 bits per heavy atom. The van der Waals surface area contributed by atoms with Gasteiger partial charge in [0.2, 0.25) is 5.91 Å². The average molecular weight is 451 g/mol. The van der Waals surface area contributed by atoms with Gasteiger partial charge in [-0.25, -0.2) is 0 Å². The summed E-state index contributed by atoms with van der Waals surface area (Å²) in [6.45, 7) is 2.03. The van der Waals surface area contributed by atoms with Gasteiger partial charge in [0.05, 0.1) is 5.41 Å². The normalized spacial score (nSPS) is 31.2. The molecule has 0 unspecified atom stereocenters. The number of rotatable bonds is 4. The fourth-order valence-corrected chi connectivity index (χ4v) is 6.28. The number of benzene rings is 2. The van der Waals surface area contributed by atoms with Gasteiger partial charge in [-0.15, -0.1) is 0 Å². The third-order valence-electron chi connectivity index (χ3n) is 6.77. The van der Waals surface area contributed by atoms with Gasteiger partial charge >= 0.3 is 0 Å². The lowest BCUT2D eigenvalue weighted by Crippen LogP contribution is -2.44. The Morgan fingerprint density at radius 3 is 2.45 bits per heavy atom. The number of carbonyl (C=O) groups is 2. The standard InChI is InChI=1S/C23H22Cl3NO2/c1-13-21-20(14-2-4-15(24)5-3-14)18(17-7-6-16(25)12-19(17)26)8-9-23(21,10-11-28)22(29)27-13/h2-7,11-13,18,20-21H,8-10H2,1H3,(H,27,29)/t13-,18+,20+,21+,23+/m1/s1. The van der Waals surface area contributed by atoms with Crippen LogP contribution in [0.4, 0.5) is 0 Å². The number of amides is 1. The summed E-state index contributed by atoms with van der Waals surface area (Å²) in [6, 6.07) is 13.4. The van der Waals surface area contributed by atoms with Crippen LogP contribution in [0.25, 0.3) is 0 Å². The summed E-state index contributed by atoms with van der Waals surface area (Å²) in [6.07, 6.45) is 2.54. The lowest BCUT2D eigenvalue weighted by Gasteiger charge is -2.47. The largest absolute Gasteiger partial charge is 0.353 e. The smallest absolute Gasteiger partial charge is 0.227 e. The second-order valence-corrected chi connectivity index (χ2v) is 9.48. The van der Waals surface area contributed by atoms with Crippen LogP contribution in [-0.2, 0) is 9.59 Å². The van der Waals surface area contributed by atoms with Gasteiger partial charge in [-0.2, -0.15) is 0 Å². The maximum absolute atomic E-state index is 13.0. The number of fused-ring (bicyclic) bond motifs is 1. The molecule has 5 atom stereocenters. The summed E-state index contributed by atoms with van der Waals surface area (Å²) < 4.78 is 0. The molecule has 1 saturated carbocycles. The van der Waals surface area contributed by atoms with Crippen molar-refractivity contribution in [1.82, 2.24) is 5.32 Å². The van der Waals surface area contributed by atoms with Crippen molar-refractivity contribution in [3.63, 3.8) is 0 Å². The SMILES string of the molecule is C[C@H]1NC(=O)[C@]2(CC=O)CC[C@@H](c3ccc(Cl)cc3Cl)[C@H](c3ccc(Cl)cc3)[C@H]12. The second-order valence-electron chi connectivity index (χ2n) is 8.20. The van der Waals surface area contributed by atoms with Gasteiger partial charge in [-0.3, -0.25) is 4.79 Å². The highest BCUT2D eigenvalue weighted by Gasteiger charge is 2.60. The molecule has 29 heavy (non-hydrogen) atoms. The minimum absolute atomic E-state index is 0.0123. The van der Waals surface area contributed by atoms with Gasteiger partial charge < -0.3 is 10.1 Å². The Balaban J connectivity index is 1.87. The topological polar surface area (TPSA) is 46.2 Å². The molecule has 0 radical (unpaired) electrons. The predicted molar refractivity (Wildman–Crippen MR) is 117 cm³/mol. The maximum Gasteiger partial charge on any atom is 0.227 e. The molecule has 3 nitrogen and oxygen atoms in total. The van der Waals surface area contributed by atoms with E-state index in [0.29, 0.717) is 21.5 Å². The number of carbonyl (C=O) groups excluding carboxylic acids is 2. The van der Waals surface area contributed by atoms with E-state index in [4.69, 9.17) is 34.8 Å². The van der Waals surface area contributed by atoms with Crippen molar-refractivity contribution >= 4 is 47.0 Å². The van der Waals surface area contributed by atoms with Crippen molar-refractivity contribution in [3.05, 3.63) is 68.7 Å². The van der Waals surface area contributed by atoms with Crippen LogP contribution >= 0.6 is 34.8 Å². The molecule has 1 N–H and O–H groups in total. The molecule has 152 valence electrons. The van der Waals surface area contributed by atoms with Crippen LogP contribution in [0.5, 0.6) is 0 Å². The van der Waals surface area contributed by atoms with E-state index < -0.39 is 5.41 Å². The predicted octanol–water partition coefficient (Wildman–Crippen LogP) is 6.02. The third kappa shape index (κ3) is 3.48. The quantitative estimate of drug-likeness (QED) is 0.579. The highest BCUT2D eigenvalue weighted by Crippen LogP contribution is 2.60. The summed E-state index contributed by atoms with van der Waals surface area (Å²) in [5.41, 5.74) is 1.46. The number of aldehydes is 1. The first-order valence-electron chi connectivity index (χ1n) is 9.82. The molecule has 6 heteroatoms. The van der Waals surface area contributed by atoms with Crippen molar-refractivity contribution in [2.45, 2.75) is 44.1 Å². The third-order valence-corrected chi connectivity index (χ3v) is 7.59. The molecule has 4 rings (SSSR count). The van der Waals surface area contributed by atoms with Gasteiger partial charge in [0, 0.05) is 33.4 Å². The van der Waals surface area contributed by atoms with Gasteiger partial charge in [-0.1, -0.05) is 53.0 Å². The molecule has 0 spiro atoms. The van der Waals surface area contributed by atoms with E-state index in [0.717, 1.165) is 23.8 Å². The van der Waals surface area contributed by atoms with Gasteiger partial charge in [0.15, 0.2) is 0 Å². The van der Waals surface area contributed by atoms with Gasteiger partial charge in [0.25, 0.3) is 0 Å². The highest BCUT2D eigenvalue weighted by atomic mass is 35.5. The number of hydrogen-bond acceptors (Lipinski definition) is 2. The lowest BCUT2D eigenvalue weighted by molar-refractivity contribution is -0.134. The molecule has 1 aliphatic heterocycles. The van der Waals surface area contributed by atoms with E-state index in [-0.39, 0.29) is 36.1 Å². The Morgan fingerprint density at radius 2 is 1.79 bits per heavy atom. The Bertz CT molecular complexity index is 946. The van der Waals surface area contributed by atoms with Crippen molar-refractivity contribution in [1.29, 1.82) is 0 Å². The minimum atomic E-state index is -0.680. The maximum atomic E-state index is 13.0. The Labute approximate surface area is 185 Å². The van der Waals surface area contributed by atoms with Gasteiger partial charge in [-0.05, 0) is 67.0 Å². The molecule has 1 aliphatic carbocycles. The van der Waals surface area contributed by atoms with Crippen molar-refractivity contribution in [2.24, 2.45) is 11.3 Å². The molecule has 1 saturated heterocycles. The molecular weight excluding hydrogens is 429 g/mol. The van der Waals surface area contributed by atoms with Crippen LogP contribution in [0.3, 0.4) is 0 Å². The van der Waals surface area contributed by atoms with Crippen LogP contribution in [0.2, 0.25) is 15.1 Å². The van der Waals surface area contributed by atoms with Gasteiger partial charge in [0.1, 0.15) is 6.29 Å². The van der Waals surface area contributed by atoms with E-state index in [1.54, 1.807) is 6.07 Å². The van der Waals surface area contributed by atoms with Crippen molar-refractivity contribution < 1.29 is 9.59 Å². The molecule has 2 fully saturated rings. The average Bonchev–Trinajstić information content (AvgIpc) is 2.93. The summed E-state index contributed by atoms with van der Waals surface area (Å²) in [7, 11) is 0. The highest BCUT2D eigenvalue weighted by molar-refractivity contribution is 6.35. The number of nitrogens with one attached hydrogen (secondary N) is 1.